The molecule has 136 valence electrons. The third kappa shape index (κ3) is 20.2. The molecule has 0 rings (SSSR count). The molecule has 0 spiro atoms. The Balaban J connectivity index is 3.21. The Morgan fingerprint density at radius 3 is 1.17 bits per heavy atom. The lowest BCUT2D eigenvalue weighted by Gasteiger charge is -1.99. The van der Waals surface area contributed by atoms with E-state index in [9.17, 15) is 9.59 Å². The van der Waals surface area contributed by atoms with Crippen molar-refractivity contribution in [3.05, 3.63) is 36.5 Å². The van der Waals surface area contributed by atoms with Crippen molar-refractivity contribution in [1.29, 1.82) is 0 Å². The summed E-state index contributed by atoms with van der Waals surface area (Å²) in [5.74, 6) is -1.73. The van der Waals surface area contributed by atoms with Gasteiger partial charge in [0.05, 0.1) is 0 Å². The topological polar surface area (TPSA) is 74.6 Å². The summed E-state index contributed by atoms with van der Waals surface area (Å²) in [6.07, 6.45) is 23.7. The van der Waals surface area contributed by atoms with Gasteiger partial charge in [-0.2, -0.15) is 0 Å². The van der Waals surface area contributed by atoms with Gasteiger partial charge in [0.2, 0.25) is 0 Å². The van der Waals surface area contributed by atoms with Crippen LogP contribution >= 0.6 is 0 Å². The molecule has 0 saturated heterocycles. The number of unbranched alkanes of at least 4 members (excludes halogenated alkanes) is 10. The Labute approximate surface area is 146 Å². The van der Waals surface area contributed by atoms with E-state index in [4.69, 9.17) is 10.2 Å². The number of carboxylic acids is 2. The second kappa shape index (κ2) is 17.5. The van der Waals surface area contributed by atoms with Gasteiger partial charge in [-0.3, -0.25) is 0 Å². The molecular weight excluding hydrogens is 304 g/mol. The lowest BCUT2D eigenvalue weighted by Crippen LogP contribution is -1.85. The molecule has 0 aromatic heterocycles. The zero-order chi connectivity index (χ0) is 17.9. The van der Waals surface area contributed by atoms with Crippen LogP contribution in [0, 0.1) is 0 Å². The van der Waals surface area contributed by atoms with E-state index < -0.39 is 11.9 Å². The van der Waals surface area contributed by atoms with E-state index in [0.717, 1.165) is 44.9 Å². The molecule has 2 N–H and O–H groups in total. The number of carboxylic acid groups (broad SMARTS) is 2. The highest BCUT2D eigenvalue weighted by Crippen LogP contribution is 2.10. The fourth-order valence-corrected chi connectivity index (χ4v) is 2.36. The highest BCUT2D eigenvalue weighted by atomic mass is 16.4. The molecule has 0 unspecified atom stereocenters. The van der Waals surface area contributed by atoms with Crippen LogP contribution in [0.2, 0.25) is 0 Å². The van der Waals surface area contributed by atoms with Crippen molar-refractivity contribution in [3.8, 4) is 0 Å². The van der Waals surface area contributed by atoms with Crippen molar-refractivity contribution in [3.63, 3.8) is 0 Å². The van der Waals surface area contributed by atoms with E-state index in [2.05, 4.69) is 12.2 Å². The third-order valence-electron chi connectivity index (χ3n) is 3.67. The first kappa shape index (κ1) is 22.2. The van der Waals surface area contributed by atoms with Crippen molar-refractivity contribution in [2.24, 2.45) is 0 Å². The molecule has 0 atom stereocenters. The van der Waals surface area contributed by atoms with Crippen molar-refractivity contribution in [1.82, 2.24) is 0 Å². The fourth-order valence-electron chi connectivity index (χ4n) is 2.36. The van der Waals surface area contributed by atoms with Crippen LogP contribution in [0.15, 0.2) is 36.5 Å². The maximum atomic E-state index is 10.3. The summed E-state index contributed by atoms with van der Waals surface area (Å²) < 4.78 is 0. The molecule has 0 heterocycles. The van der Waals surface area contributed by atoms with Gasteiger partial charge in [-0.05, 0) is 51.4 Å². The van der Waals surface area contributed by atoms with Crippen LogP contribution in [-0.2, 0) is 9.59 Å². The Morgan fingerprint density at radius 1 is 0.500 bits per heavy atom. The van der Waals surface area contributed by atoms with Crippen molar-refractivity contribution in [2.45, 2.75) is 77.0 Å². The molecule has 4 nitrogen and oxygen atoms in total. The van der Waals surface area contributed by atoms with E-state index in [1.165, 1.54) is 44.3 Å². The maximum Gasteiger partial charge on any atom is 0.327 e. The van der Waals surface area contributed by atoms with Crippen LogP contribution in [0.25, 0.3) is 0 Å². The van der Waals surface area contributed by atoms with Gasteiger partial charge in [0.25, 0.3) is 0 Å². The molecule has 0 fully saturated rings. The SMILES string of the molecule is O=C(O)C=CCCCCC=CCCCCCCCCC=CC(=O)O. The van der Waals surface area contributed by atoms with Crippen LogP contribution < -0.4 is 0 Å². The van der Waals surface area contributed by atoms with E-state index in [0.29, 0.717) is 0 Å². The highest BCUT2D eigenvalue weighted by molar-refractivity contribution is 5.79. The lowest BCUT2D eigenvalue weighted by atomic mass is 10.1. The molecule has 0 aromatic rings. The standard InChI is InChI=1S/C20H32O4/c21-19(22)17-15-13-11-9-7-5-3-1-2-4-6-8-10-12-14-16-18-20(23)24/h3,5,15-18H,1-2,4,6-14H2,(H,21,22)(H,23,24). The third-order valence-corrected chi connectivity index (χ3v) is 3.67. The number of carbonyl (C=O) groups is 2. The first-order chi connectivity index (χ1) is 11.6. The molecule has 0 aliphatic heterocycles. The zero-order valence-electron chi connectivity index (χ0n) is 14.7. The molecule has 0 amide bonds. The van der Waals surface area contributed by atoms with E-state index in [-0.39, 0.29) is 0 Å². The van der Waals surface area contributed by atoms with Crippen LogP contribution in [0.4, 0.5) is 0 Å². The summed E-state index contributed by atoms with van der Waals surface area (Å²) >= 11 is 0. The number of rotatable bonds is 16. The Hall–Kier alpha value is -1.84. The number of aliphatic carboxylic acids is 2. The molecule has 0 saturated carbocycles. The largest absolute Gasteiger partial charge is 0.478 e. The summed E-state index contributed by atoms with van der Waals surface area (Å²) in [5, 5.41) is 16.9. The lowest BCUT2D eigenvalue weighted by molar-refractivity contribution is -0.132. The minimum atomic E-state index is -0.870. The molecule has 0 aliphatic carbocycles. The molecule has 0 bridgehead atoms. The van der Waals surface area contributed by atoms with Crippen LogP contribution in [0.1, 0.15) is 77.0 Å². The average Bonchev–Trinajstić information content (AvgIpc) is 2.53. The van der Waals surface area contributed by atoms with E-state index in [1.54, 1.807) is 12.2 Å². The van der Waals surface area contributed by atoms with Crippen molar-refractivity contribution < 1.29 is 19.8 Å². The van der Waals surface area contributed by atoms with Gasteiger partial charge >= 0.3 is 11.9 Å². The second-order valence-electron chi connectivity index (χ2n) is 5.94. The predicted octanol–water partition coefficient (Wildman–Crippen LogP) is 5.51. The van der Waals surface area contributed by atoms with Crippen LogP contribution in [-0.4, -0.2) is 22.2 Å². The zero-order valence-corrected chi connectivity index (χ0v) is 14.7. The summed E-state index contributed by atoms with van der Waals surface area (Å²) in [4.78, 5) is 20.5. The summed E-state index contributed by atoms with van der Waals surface area (Å²) in [5.41, 5.74) is 0. The van der Waals surface area contributed by atoms with E-state index >= 15 is 0 Å². The number of allylic oxidation sites excluding steroid dienone is 4. The van der Waals surface area contributed by atoms with Gasteiger partial charge in [0.1, 0.15) is 0 Å². The van der Waals surface area contributed by atoms with Crippen molar-refractivity contribution in [2.75, 3.05) is 0 Å². The second-order valence-corrected chi connectivity index (χ2v) is 5.94. The van der Waals surface area contributed by atoms with Gasteiger partial charge < -0.3 is 10.2 Å². The molecular formula is C20H32O4. The van der Waals surface area contributed by atoms with Crippen LogP contribution in [0.5, 0.6) is 0 Å². The van der Waals surface area contributed by atoms with Crippen LogP contribution in [0.3, 0.4) is 0 Å². The minimum Gasteiger partial charge on any atom is -0.478 e. The Kier molecular flexibility index (Phi) is 16.2. The summed E-state index contributed by atoms with van der Waals surface area (Å²) in [7, 11) is 0. The number of hydrogen-bond acceptors (Lipinski definition) is 2. The quantitative estimate of drug-likeness (QED) is 0.221. The Bertz CT molecular complexity index is 408. The minimum absolute atomic E-state index is 0.840. The van der Waals surface area contributed by atoms with Gasteiger partial charge in [-0.25, -0.2) is 9.59 Å². The van der Waals surface area contributed by atoms with Gasteiger partial charge in [0.15, 0.2) is 0 Å². The van der Waals surface area contributed by atoms with Gasteiger partial charge in [-0.1, -0.05) is 50.0 Å². The molecule has 0 radical (unpaired) electrons. The highest BCUT2D eigenvalue weighted by Gasteiger charge is 1.91. The first-order valence-corrected chi connectivity index (χ1v) is 9.07. The van der Waals surface area contributed by atoms with Gasteiger partial charge in [0, 0.05) is 12.2 Å². The Morgan fingerprint density at radius 2 is 0.792 bits per heavy atom. The average molecular weight is 336 g/mol. The molecule has 4 heteroatoms. The van der Waals surface area contributed by atoms with Gasteiger partial charge in [-0.15, -0.1) is 0 Å². The fraction of sp³-hybridized carbons (Fsp3) is 0.600. The normalized spacial score (nSPS) is 11.8. The summed E-state index contributed by atoms with van der Waals surface area (Å²) in [6, 6.07) is 0. The first-order valence-electron chi connectivity index (χ1n) is 9.07. The molecule has 0 aliphatic rings. The van der Waals surface area contributed by atoms with E-state index in [1.807, 2.05) is 0 Å². The molecule has 0 aromatic carbocycles. The number of hydrogen-bond donors (Lipinski definition) is 2. The maximum absolute atomic E-state index is 10.3. The predicted molar refractivity (Wildman–Crippen MR) is 98.1 cm³/mol. The molecule has 24 heavy (non-hydrogen) atoms. The monoisotopic (exact) mass is 336 g/mol. The van der Waals surface area contributed by atoms with Crippen molar-refractivity contribution >= 4 is 11.9 Å². The smallest absolute Gasteiger partial charge is 0.327 e. The summed E-state index contributed by atoms with van der Waals surface area (Å²) in [6.45, 7) is 0.